The zero-order chi connectivity index (χ0) is 13.7. The standard InChI is InChI=1S/C15H16N4O/c16-15(10-4-5-10)8-19(9-15)14(20)11-2-1-3-12-13(11)18-7-6-17-12/h1-3,6-7,10H,4-5,8-9,16H2. The quantitative estimate of drug-likeness (QED) is 0.888. The van der Waals surface area contributed by atoms with Crippen LogP contribution in [0.25, 0.3) is 11.0 Å². The highest BCUT2D eigenvalue weighted by atomic mass is 16.2. The van der Waals surface area contributed by atoms with Crippen molar-refractivity contribution in [2.24, 2.45) is 11.7 Å². The summed E-state index contributed by atoms with van der Waals surface area (Å²) in [4.78, 5) is 22.9. The van der Waals surface area contributed by atoms with Crippen molar-refractivity contribution < 1.29 is 4.79 Å². The number of rotatable bonds is 2. The molecule has 0 unspecified atom stereocenters. The molecule has 1 aliphatic heterocycles. The number of para-hydroxylation sites is 1. The van der Waals surface area contributed by atoms with Crippen LogP contribution in [0.15, 0.2) is 30.6 Å². The third kappa shape index (κ3) is 1.70. The van der Waals surface area contributed by atoms with Gasteiger partial charge >= 0.3 is 0 Å². The number of fused-ring (bicyclic) bond motifs is 1. The molecule has 0 spiro atoms. The first kappa shape index (κ1) is 11.8. The van der Waals surface area contributed by atoms with E-state index in [0.717, 1.165) is 5.52 Å². The second kappa shape index (κ2) is 3.99. The summed E-state index contributed by atoms with van der Waals surface area (Å²) in [5.74, 6) is 0.622. The Hall–Kier alpha value is -2.01. The van der Waals surface area contributed by atoms with Gasteiger partial charge in [0.15, 0.2) is 0 Å². The van der Waals surface area contributed by atoms with Crippen LogP contribution in [0.3, 0.4) is 0 Å². The Kier molecular flexibility index (Phi) is 2.35. The van der Waals surface area contributed by atoms with Crippen molar-refractivity contribution in [3.8, 4) is 0 Å². The summed E-state index contributed by atoms with van der Waals surface area (Å²) in [5, 5.41) is 0. The molecule has 1 saturated carbocycles. The van der Waals surface area contributed by atoms with E-state index < -0.39 is 0 Å². The summed E-state index contributed by atoms with van der Waals surface area (Å²) in [6.07, 6.45) is 5.67. The molecular weight excluding hydrogens is 252 g/mol. The predicted molar refractivity (Wildman–Crippen MR) is 75.1 cm³/mol. The van der Waals surface area contributed by atoms with Crippen LogP contribution in [-0.4, -0.2) is 39.4 Å². The van der Waals surface area contributed by atoms with Gasteiger partial charge in [-0.1, -0.05) is 6.07 Å². The molecule has 0 radical (unpaired) electrons. The number of benzene rings is 1. The van der Waals surface area contributed by atoms with Gasteiger partial charge in [0.2, 0.25) is 0 Å². The molecule has 5 nitrogen and oxygen atoms in total. The van der Waals surface area contributed by atoms with E-state index in [9.17, 15) is 4.79 Å². The Balaban J connectivity index is 1.62. The normalized spacial score (nSPS) is 20.8. The Morgan fingerprint density at radius 2 is 2.00 bits per heavy atom. The number of likely N-dealkylation sites (tertiary alicyclic amines) is 1. The maximum Gasteiger partial charge on any atom is 0.256 e. The molecule has 2 fully saturated rings. The van der Waals surface area contributed by atoms with Gasteiger partial charge in [0.05, 0.1) is 16.6 Å². The van der Waals surface area contributed by atoms with E-state index in [-0.39, 0.29) is 11.4 Å². The average Bonchev–Trinajstić information content (AvgIpc) is 3.27. The molecule has 2 aromatic rings. The van der Waals surface area contributed by atoms with Crippen molar-refractivity contribution in [3.63, 3.8) is 0 Å². The van der Waals surface area contributed by atoms with Crippen LogP contribution >= 0.6 is 0 Å². The van der Waals surface area contributed by atoms with Gasteiger partial charge in [-0.3, -0.25) is 14.8 Å². The van der Waals surface area contributed by atoms with Gasteiger partial charge in [-0.25, -0.2) is 0 Å². The molecule has 1 amide bonds. The molecule has 2 heterocycles. The van der Waals surface area contributed by atoms with Crippen molar-refractivity contribution in [1.82, 2.24) is 14.9 Å². The summed E-state index contributed by atoms with van der Waals surface area (Å²) in [6.45, 7) is 1.32. The highest BCUT2D eigenvalue weighted by molar-refractivity contribution is 6.05. The molecule has 20 heavy (non-hydrogen) atoms. The van der Waals surface area contributed by atoms with Crippen LogP contribution in [0.4, 0.5) is 0 Å². The minimum atomic E-state index is -0.147. The van der Waals surface area contributed by atoms with Gasteiger partial charge in [0.25, 0.3) is 5.91 Å². The maximum atomic E-state index is 12.6. The smallest absolute Gasteiger partial charge is 0.256 e. The second-order valence-corrected chi connectivity index (χ2v) is 5.90. The topological polar surface area (TPSA) is 72.1 Å². The van der Waals surface area contributed by atoms with Crippen molar-refractivity contribution in [2.75, 3.05) is 13.1 Å². The minimum Gasteiger partial charge on any atom is -0.335 e. The molecule has 1 saturated heterocycles. The fourth-order valence-electron chi connectivity index (χ4n) is 3.06. The molecular formula is C15H16N4O. The highest BCUT2D eigenvalue weighted by Gasteiger charge is 2.51. The molecule has 1 aromatic carbocycles. The van der Waals surface area contributed by atoms with Crippen LogP contribution in [0.5, 0.6) is 0 Å². The van der Waals surface area contributed by atoms with Gasteiger partial charge in [0, 0.05) is 25.5 Å². The molecule has 0 atom stereocenters. The SMILES string of the molecule is NC1(C2CC2)CN(C(=O)c2cccc3nccnc23)C1. The average molecular weight is 268 g/mol. The van der Waals surface area contributed by atoms with Crippen LogP contribution in [0, 0.1) is 5.92 Å². The minimum absolute atomic E-state index is 0.0119. The van der Waals surface area contributed by atoms with E-state index in [0.29, 0.717) is 30.1 Å². The largest absolute Gasteiger partial charge is 0.335 e. The second-order valence-electron chi connectivity index (χ2n) is 5.90. The third-order valence-electron chi connectivity index (χ3n) is 4.38. The number of hydrogen-bond donors (Lipinski definition) is 1. The van der Waals surface area contributed by atoms with Gasteiger partial charge in [-0.05, 0) is 30.9 Å². The lowest BCUT2D eigenvalue weighted by Crippen LogP contribution is -2.69. The molecule has 1 aromatic heterocycles. The summed E-state index contributed by atoms with van der Waals surface area (Å²) in [7, 11) is 0. The first-order valence-corrected chi connectivity index (χ1v) is 6.95. The zero-order valence-corrected chi connectivity index (χ0v) is 11.1. The lowest BCUT2D eigenvalue weighted by atomic mass is 9.85. The van der Waals surface area contributed by atoms with E-state index >= 15 is 0 Å². The van der Waals surface area contributed by atoms with Gasteiger partial charge in [-0.15, -0.1) is 0 Å². The molecule has 4 rings (SSSR count). The lowest BCUT2D eigenvalue weighted by molar-refractivity contribution is 0.0352. The molecule has 0 bridgehead atoms. The first-order valence-electron chi connectivity index (χ1n) is 6.95. The Morgan fingerprint density at radius 1 is 1.25 bits per heavy atom. The number of amides is 1. The van der Waals surface area contributed by atoms with Crippen molar-refractivity contribution in [3.05, 3.63) is 36.2 Å². The van der Waals surface area contributed by atoms with Crippen molar-refractivity contribution >= 4 is 16.9 Å². The number of nitrogens with two attached hydrogens (primary N) is 1. The summed E-state index contributed by atoms with van der Waals surface area (Å²) in [5.41, 5.74) is 8.19. The number of aromatic nitrogens is 2. The van der Waals surface area contributed by atoms with Crippen molar-refractivity contribution in [1.29, 1.82) is 0 Å². The fraction of sp³-hybridized carbons (Fsp3) is 0.400. The van der Waals surface area contributed by atoms with Gasteiger partial charge in [0.1, 0.15) is 5.52 Å². The van der Waals surface area contributed by atoms with Crippen LogP contribution < -0.4 is 5.73 Å². The number of nitrogens with zero attached hydrogens (tertiary/aromatic N) is 3. The third-order valence-corrected chi connectivity index (χ3v) is 4.38. The summed E-state index contributed by atoms with van der Waals surface area (Å²) >= 11 is 0. The molecule has 2 N–H and O–H groups in total. The maximum absolute atomic E-state index is 12.6. The first-order chi connectivity index (χ1) is 9.67. The zero-order valence-electron chi connectivity index (χ0n) is 11.1. The van der Waals surface area contributed by atoms with Gasteiger partial charge < -0.3 is 10.6 Å². The van der Waals surface area contributed by atoms with Crippen LogP contribution in [-0.2, 0) is 0 Å². The lowest BCUT2D eigenvalue weighted by Gasteiger charge is -2.48. The van der Waals surface area contributed by atoms with E-state index in [1.165, 1.54) is 12.8 Å². The molecule has 2 aliphatic rings. The predicted octanol–water partition coefficient (Wildman–Crippen LogP) is 1.19. The molecule has 1 aliphatic carbocycles. The van der Waals surface area contributed by atoms with E-state index in [2.05, 4.69) is 9.97 Å². The number of carbonyl (C=O) groups is 1. The Bertz CT molecular complexity index is 684. The number of carbonyl (C=O) groups excluding carboxylic acids is 1. The van der Waals surface area contributed by atoms with Gasteiger partial charge in [-0.2, -0.15) is 0 Å². The highest BCUT2D eigenvalue weighted by Crippen LogP contribution is 2.43. The summed E-state index contributed by atoms with van der Waals surface area (Å²) in [6, 6.07) is 5.53. The summed E-state index contributed by atoms with van der Waals surface area (Å²) < 4.78 is 0. The van der Waals surface area contributed by atoms with Crippen LogP contribution in [0.1, 0.15) is 23.2 Å². The molecule has 102 valence electrons. The van der Waals surface area contributed by atoms with E-state index in [4.69, 9.17) is 5.73 Å². The number of hydrogen-bond acceptors (Lipinski definition) is 4. The van der Waals surface area contributed by atoms with E-state index in [1.54, 1.807) is 12.4 Å². The molecule has 5 heteroatoms. The Labute approximate surface area is 116 Å². The Morgan fingerprint density at radius 3 is 2.75 bits per heavy atom. The van der Waals surface area contributed by atoms with E-state index in [1.807, 2.05) is 23.1 Å². The monoisotopic (exact) mass is 268 g/mol. The van der Waals surface area contributed by atoms with Crippen molar-refractivity contribution in [2.45, 2.75) is 18.4 Å². The van der Waals surface area contributed by atoms with Crippen LogP contribution in [0.2, 0.25) is 0 Å². The fourth-order valence-corrected chi connectivity index (χ4v) is 3.06.